The van der Waals surface area contributed by atoms with Crippen LogP contribution in [0.25, 0.3) is 0 Å². The molecule has 1 aliphatic rings. The molecule has 1 atom stereocenters. The molecule has 1 amide bonds. The van der Waals surface area contributed by atoms with E-state index in [0.717, 1.165) is 0 Å². The van der Waals surface area contributed by atoms with Gasteiger partial charge in [-0.25, -0.2) is 0 Å². The number of benzene rings is 1. The Morgan fingerprint density at radius 1 is 1.21 bits per heavy atom. The lowest BCUT2D eigenvalue weighted by Crippen LogP contribution is -2.50. The van der Waals surface area contributed by atoms with Gasteiger partial charge in [0.1, 0.15) is 5.75 Å². The lowest BCUT2D eigenvalue weighted by Gasteiger charge is -2.35. The van der Waals surface area contributed by atoms with Crippen LogP contribution < -0.4 is 4.74 Å². The molecule has 0 aliphatic carbocycles. The Morgan fingerprint density at radius 2 is 1.79 bits per heavy atom. The Morgan fingerprint density at radius 3 is 2.29 bits per heavy atom. The number of piperazine rings is 1. The maximum atomic E-state index is 12.4. The molecule has 0 aromatic heterocycles. The van der Waals surface area contributed by atoms with Gasteiger partial charge in [-0.2, -0.15) is 13.2 Å². The van der Waals surface area contributed by atoms with E-state index in [4.69, 9.17) is 0 Å². The van der Waals surface area contributed by atoms with Crippen LogP contribution in [0.2, 0.25) is 0 Å². The number of β-amino-alcohol motifs (C(OH)–C–C–N with tert-alkyl or cyclic N) is 1. The highest BCUT2D eigenvalue weighted by atomic mass is 19.4. The van der Waals surface area contributed by atoms with Crippen molar-refractivity contribution >= 4 is 5.91 Å². The van der Waals surface area contributed by atoms with Gasteiger partial charge in [0.2, 0.25) is 0 Å². The number of rotatable bonds is 5. The highest BCUT2D eigenvalue weighted by Crippen LogP contribution is 2.19. The van der Waals surface area contributed by atoms with Crippen molar-refractivity contribution in [3.63, 3.8) is 0 Å². The molecule has 1 fully saturated rings. The number of hydrogen-bond donors (Lipinski definition) is 1. The SMILES string of the molecule is C[C@@H](O)CN1CCN(C(=O)c2ccc(OCC(F)(F)F)cc2)CC1. The Bertz CT molecular complexity index is 538. The van der Waals surface area contributed by atoms with Crippen molar-refractivity contribution in [2.24, 2.45) is 0 Å². The van der Waals surface area contributed by atoms with E-state index in [2.05, 4.69) is 9.64 Å². The number of hydrogen-bond acceptors (Lipinski definition) is 4. The maximum Gasteiger partial charge on any atom is 0.422 e. The summed E-state index contributed by atoms with van der Waals surface area (Å²) in [5.41, 5.74) is 0.415. The molecule has 0 bridgehead atoms. The number of nitrogens with zero attached hydrogens (tertiary/aromatic N) is 2. The minimum Gasteiger partial charge on any atom is -0.484 e. The number of amides is 1. The number of halogens is 3. The Kier molecular flexibility index (Phi) is 6.06. The summed E-state index contributed by atoms with van der Waals surface area (Å²) in [5, 5.41) is 9.37. The van der Waals surface area contributed by atoms with Crippen molar-refractivity contribution < 1.29 is 27.8 Å². The summed E-state index contributed by atoms with van der Waals surface area (Å²) < 4.78 is 40.9. The van der Waals surface area contributed by atoms with Gasteiger partial charge < -0.3 is 14.7 Å². The average molecular weight is 346 g/mol. The molecule has 2 rings (SSSR count). The van der Waals surface area contributed by atoms with E-state index >= 15 is 0 Å². The fourth-order valence-electron chi connectivity index (χ4n) is 2.55. The van der Waals surface area contributed by atoms with Crippen LogP contribution in [0.5, 0.6) is 5.75 Å². The smallest absolute Gasteiger partial charge is 0.422 e. The van der Waals surface area contributed by atoms with Gasteiger partial charge in [-0.15, -0.1) is 0 Å². The third kappa shape index (κ3) is 5.68. The zero-order valence-corrected chi connectivity index (χ0v) is 13.4. The van der Waals surface area contributed by atoms with Gasteiger partial charge in [0, 0.05) is 38.3 Å². The second-order valence-corrected chi connectivity index (χ2v) is 5.87. The number of aliphatic hydroxyl groups is 1. The van der Waals surface area contributed by atoms with Crippen molar-refractivity contribution in [3.05, 3.63) is 29.8 Å². The molecule has 0 spiro atoms. The molecule has 1 aromatic carbocycles. The third-order valence-corrected chi connectivity index (χ3v) is 3.69. The molecule has 0 radical (unpaired) electrons. The first-order valence-electron chi connectivity index (χ1n) is 7.74. The van der Waals surface area contributed by atoms with Gasteiger partial charge in [0.25, 0.3) is 5.91 Å². The van der Waals surface area contributed by atoms with Crippen LogP contribution in [0.15, 0.2) is 24.3 Å². The molecular weight excluding hydrogens is 325 g/mol. The Labute approximate surface area is 138 Å². The number of ether oxygens (including phenoxy) is 1. The van der Waals surface area contributed by atoms with Crippen molar-refractivity contribution in [3.8, 4) is 5.75 Å². The zero-order valence-electron chi connectivity index (χ0n) is 13.4. The molecule has 1 N–H and O–H groups in total. The largest absolute Gasteiger partial charge is 0.484 e. The van der Waals surface area contributed by atoms with Crippen LogP contribution >= 0.6 is 0 Å². The Hall–Kier alpha value is -1.80. The fraction of sp³-hybridized carbons (Fsp3) is 0.562. The van der Waals surface area contributed by atoms with Gasteiger partial charge in [0.15, 0.2) is 6.61 Å². The molecule has 0 saturated carbocycles. The molecule has 134 valence electrons. The second-order valence-electron chi connectivity index (χ2n) is 5.87. The van der Waals surface area contributed by atoms with Crippen LogP contribution in [0.4, 0.5) is 13.2 Å². The molecule has 24 heavy (non-hydrogen) atoms. The van der Waals surface area contributed by atoms with Gasteiger partial charge in [-0.05, 0) is 31.2 Å². The second kappa shape index (κ2) is 7.85. The zero-order chi connectivity index (χ0) is 17.7. The van der Waals surface area contributed by atoms with E-state index in [9.17, 15) is 23.1 Å². The van der Waals surface area contributed by atoms with E-state index < -0.39 is 18.9 Å². The van der Waals surface area contributed by atoms with Crippen LogP contribution in [-0.4, -0.2) is 72.4 Å². The summed E-state index contributed by atoms with van der Waals surface area (Å²) in [4.78, 5) is 16.2. The van der Waals surface area contributed by atoms with Gasteiger partial charge in [0.05, 0.1) is 6.10 Å². The summed E-state index contributed by atoms with van der Waals surface area (Å²) in [6, 6.07) is 5.66. The number of carbonyl (C=O) groups excluding carboxylic acids is 1. The maximum absolute atomic E-state index is 12.4. The van der Waals surface area contributed by atoms with Crippen molar-refractivity contribution in [2.75, 3.05) is 39.3 Å². The number of alkyl halides is 3. The number of carbonyl (C=O) groups is 1. The quantitative estimate of drug-likeness (QED) is 0.883. The molecule has 0 unspecified atom stereocenters. The minimum absolute atomic E-state index is 0.0747. The molecule has 1 aromatic rings. The van der Waals surface area contributed by atoms with Gasteiger partial charge in [-0.1, -0.05) is 0 Å². The molecule has 8 heteroatoms. The topological polar surface area (TPSA) is 53.0 Å². The summed E-state index contributed by atoms with van der Waals surface area (Å²) in [6.45, 7) is 3.42. The third-order valence-electron chi connectivity index (χ3n) is 3.69. The molecule has 1 aliphatic heterocycles. The normalized spacial score (nSPS) is 17.6. The first-order chi connectivity index (χ1) is 11.2. The van der Waals surface area contributed by atoms with E-state index in [1.165, 1.54) is 24.3 Å². The predicted molar refractivity (Wildman–Crippen MR) is 82.0 cm³/mol. The lowest BCUT2D eigenvalue weighted by molar-refractivity contribution is -0.153. The average Bonchev–Trinajstić information content (AvgIpc) is 2.52. The van der Waals surface area contributed by atoms with E-state index in [1.807, 2.05) is 0 Å². The monoisotopic (exact) mass is 346 g/mol. The van der Waals surface area contributed by atoms with Crippen molar-refractivity contribution in [2.45, 2.75) is 19.2 Å². The summed E-state index contributed by atoms with van der Waals surface area (Å²) in [6.07, 6.45) is -4.79. The van der Waals surface area contributed by atoms with E-state index in [0.29, 0.717) is 38.3 Å². The minimum atomic E-state index is -4.39. The molecular formula is C16H21F3N2O3. The molecule has 1 heterocycles. The van der Waals surface area contributed by atoms with Crippen molar-refractivity contribution in [1.29, 1.82) is 0 Å². The van der Waals surface area contributed by atoms with Crippen LogP contribution in [0.1, 0.15) is 17.3 Å². The fourth-order valence-corrected chi connectivity index (χ4v) is 2.55. The van der Waals surface area contributed by atoms with Crippen LogP contribution in [-0.2, 0) is 0 Å². The van der Waals surface area contributed by atoms with E-state index in [1.54, 1.807) is 11.8 Å². The van der Waals surface area contributed by atoms with Crippen molar-refractivity contribution in [1.82, 2.24) is 9.80 Å². The Balaban J connectivity index is 1.87. The highest BCUT2D eigenvalue weighted by molar-refractivity contribution is 5.94. The van der Waals surface area contributed by atoms with Crippen LogP contribution in [0, 0.1) is 0 Å². The highest BCUT2D eigenvalue weighted by Gasteiger charge is 2.28. The lowest BCUT2D eigenvalue weighted by atomic mass is 10.1. The predicted octanol–water partition coefficient (Wildman–Crippen LogP) is 1.77. The molecule has 5 nitrogen and oxygen atoms in total. The summed E-state index contributed by atoms with van der Waals surface area (Å²) >= 11 is 0. The molecule has 1 saturated heterocycles. The van der Waals surface area contributed by atoms with E-state index in [-0.39, 0.29) is 11.7 Å². The first-order valence-corrected chi connectivity index (χ1v) is 7.74. The summed E-state index contributed by atoms with van der Waals surface area (Å²) in [7, 11) is 0. The van der Waals surface area contributed by atoms with Gasteiger partial charge >= 0.3 is 6.18 Å². The summed E-state index contributed by atoms with van der Waals surface area (Å²) in [5.74, 6) is -0.0836. The number of aliphatic hydroxyl groups excluding tert-OH is 1. The van der Waals surface area contributed by atoms with Gasteiger partial charge in [-0.3, -0.25) is 9.69 Å². The standard InChI is InChI=1S/C16H21F3N2O3/c1-12(22)10-20-6-8-21(9-7-20)15(23)13-2-4-14(5-3-13)24-11-16(17,18)19/h2-5,12,22H,6-11H2,1H3/t12-/m1/s1. The van der Waals surface area contributed by atoms with Crippen LogP contribution in [0.3, 0.4) is 0 Å². The first kappa shape index (κ1) is 18.5.